The Balaban J connectivity index is 1.50. The average molecular weight is 289 g/mol. The number of thioether (sulfide) groups is 1. The zero-order valence-electron chi connectivity index (χ0n) is 13.1. The van der Waals surface area contributed by atoms with Crippen molar-refractivity contribution in [3.63, 3.8) is 0 Å². The Morgan fingerprint density at radius 2 is 1.85 bits per heavy atom. The number of rotatable bonds is 2. The highest BCUT2D eigenvalue weighted by molar-refractivity contribution is 8.00. The van der Waals surface area contributed by atoms with Gasteiger partial charge in [0.1, 0.15) is 0 Å². The minimum Gasteiger partial charge on any atom is -0.302 e. The van der Waals surface area contributed by atoms with E-state index in [0.29, 0.717) is 5.41 Å². The van der Waals surface area contributed by atoms with E-state index in [9.17, 15) is 0 Å². The predicted molar refractivity (Wildman–Crippen MR) is 88.4 cm³/mol. The Hall–Kier alpha value is -0.470. The molecule has 110 valence electrons. The van der Waals surface area contributed by atoms with Gasteiger partial charge in [0.25, 0.3) is 0 Å². The fourth-order valence-electron chi connectivity index (χ4n) is 3.63. The Morgan fingerprint density at radius 1 is 1.15 bits per heavy atom. The molecule has 0 aliphatic carbocycles. The SMILES string of the molecule is CC(C)(C)C1CCN(CC2Cc3ccccc3S2)CC1. The van der Waals surface area contributed by atoms with Crippen molar-refractivity contribution in [1.82, 2.24) is 4.90 Å². The van der Waals surface area contributed by atoms with Gasteiger partial charge in [-0.1, -0.05) is 39.0 Å². The van der Waals surface area contributed by atoms with E-state index in [4.69, 9.17) is 0 Å². The van der Waals surface area contributed by atoms with E-state index >= 15 is 0 Å². The molecule has 1 atom stereocenters. The van der Waals surface area contributed by atoms with Crippen molar-refractivity contribution in [2.24, 2.45) is 11.3 Å². The lowest BCUT2D eigenvalue weighted by molar-refractivity contribution is 0.113. The van der Waals surface area contributed by atoms with Crippen molar-refractivity contribution in [2.45, 2.75) is 50.2 Å². The molecule has 0 radical (unpaired) electrons. The topological polar surface area (TPSA) is 3.24 Å². The summed E-state index contributed by atoms with van der Waals surface area (Å²) in [5.74, 6) is 0.909. The number of fused-ring (bicyclic) bond motifs is 1. The van der Waals surface area contributed by atoms with Gasteiger partial charge in [0.05, 0.1) is 0 Å². The van der Waals surface area contributed by atoms with E-state index < -0.39 is 0 Å². The molecule has 0 amide bonds. The van der Waals surface area contributed by atoms with E-state index in [2.05, 4.69) is 61.7 Å². The lowest BCUT2D eigenvalue weighted by Gasteiger charge is -2.39. The fourth-order valence-corrected chi connectivity index (χ4v) is 4.99. The van der Waals surface area contributed by atoms with E-state index in [1.54, 1.807) is 5.56 Å². The highest BCUT2D eigenvalue weighted by atomic mass is 32.2. The van der Waals surface area contributed by atoms with Gasteiger partial charge in [0, 0.05) is 16.7 Å². The first kappa shape index (κ1) is 14.5. The first-order valence-electron chi connectivity index (χ1n) is 7.99. The van der Waals surface area contributed by atoms with Gasteiger partial charge in [0.2, 0.25) is 0 Å². The molecular weight excluding hydrogens is 262 g/mol. The van der Waals surface area contributed by atoms with Crippen LogP contribution in [0.1, 0.15) is 39.2 Å². The molecule has 1 saturated heterocycles. The van der Waals surface area contributed by atoms with Crippen molar-refractivity contribution in [3.8, 4) is 0 Å². The molecule has 1 aromatic rings. The molecule has 1 aromatic carbocycles. The van der Waals surface area contributed by atoms with Crippen molar-refractivity contribution in [2.75, 3.05) is 19.6 Å². The molecule has 2 aliphatic heterocycles. The summed E-state index contributed by atoms with van der Waals surface area (Å²) < 4.78 is 0. The van der Waals surface area contributed by atoms with E-state index in [1.165, 1.54) is 43.8 Å². The quantitative estimate of drug-likeness (QED) is 0.790. The van der Waals surface area contributed by atoms with Gasteiger partial charge in [-0.25, -0.2) is 0 Å². The fraction of sp³-hybridized carbons (Fsp3) is 0.667. The molecule has 1 unspecified atom stereocenters. The molecule has 1 nitrogen and oxygen atoms in total. The number of nitrogens with zero attached hydrogens (tertiary/aromatic N) is 1. The van der Waals surface area contributed by atoms with Gasteiger partial charge in [-0.3, -0.25) is 0 Å². The standard InChI is InChI=1S/C18H27NS/c1-18(2,3)15-8-10-19(11-9-15)13-16-12-14-6-4-5-7-17(14)20-16/h4-7,15-16H,8-13H2,1-3H3. The molecule has 2 heterocycles. The number of hydrogen-bond acceptors (Lipinski definition) is 2. The number of hydrogen-bond donors (Lipinski definition) is 0. The Bertz CT molecular complexity index is 430. The van der Waals surface area contributed by atoms with Crippen LogP contribution in [0.25, 0.3) is 0 Å². The molecule has 2 heteroatoms. The molecule has 1 fully saturated rings. The zero-order chi connectivity index (χ0) is 14.2. The Kier molecular flexibility index (Phi) is 4.14. The van der Waals surface area contributed by atoms with E-state index in [0.717, 1.165) is 11.2 Å². The summed E-state index contributed by atoms with van der Waals surface area (Å²) in [6.45, 7) is 11.1. The second kappa shape index (κ2) is 5.73. The number of likely N-dealkylation sites (tertiary alicyclic amines) is 1. The van der Waals surface area contributed by atoms with Crippen molar-refractivity contribution >= 4 is 11.8 Å². The molecule has 2 aliphatic rings. The summed E-state index contributed by atoms with van der Waals surface area (Å²) >= 11 is 2.09. The summed E-state index contributed by atoms with van der Waals surface area (Å²) in [5.41, 5.74) is 2.05. The molecule has 0 bridgehead atoms. The summed E-state index contributed by atoms with van der Waals surface area (Å²) in [4.78, 5) is 4.22. The molecule has 0 N–H and O–H groups in total. The monoisotopic (exact) mass is 289 g/mol. The first-order valence-corrected chi connectivity index (χ1v) is 8.87. The van der Waals surface area contributed by atoms with E-state index in [1.807, 2.05) is 0 Å². The lowest BCUT2D eigenvalue weighted by Crippen LogP contribution is -2.40. The first-order chi connectivity index (χ1) is 9.52. The third-order valence-electron chi connectivity index (χ3n) is 4.99. The third-order valence-corrected chi connectivity index (χ3v) is 6.29. The molecule has 0 saturated carbocycles. The molecule has 3 rings (SSSR count). The van der Waals surface area contributed by atoms with E-state index in [-0.39, 0.29) is 0 Å². The highest BCUT2D eigenvalue weighted by Gasteiger charge is 2.30. The van der Waals surface area contributed by atoms with Crippen LogP contribution in [0.3, 0.4) is 0 Å². The smallest absolute Gasteiger partial charge is 0.0263 e. The minimum absolute atomic E-state index is 0.491. The van der Waals surface area contributed by atoms with Crippen LogP contribution < -0.4 is 0 Å². The average Bonchev–Trinajstić information content (AvgIpc) is 2.80. The third kappa shape index (κ3) is 3.23. The van der Waals surface area contributed by atoms with Crippen LogP contribution in [0.2, 0.25) is 0 Å². The summed E-state index contributed by atoms with van der Waals surface area (Å²) in [5, 5.41) is 0.776. The molecule has 20 heavy (non-hydrogen) atoms. The second-order valence-corrected chi connectivity index (χ2v) is 8.83. The summed E-state index contributed by atoms with van der Waals surface area (Å²) in [7, 11) is 0. The van der Waals surface area contributed by atoms with Gasteiger partial charge in [-0.15, -0.1) is 11.8 Å². The molecular formula is C18H27NS. The number of piperidine rings is 1. The summed E-state index contributed by atoms with van der Waals surface area (Å²) in [6.07, 6.45) is 4.03. The molecule has 0 aromatic heterocycles. The maximum absolute atomic E-state index is 2.70. The normalized spacial score (nSPS) is 24.9. The largest absolute Gasteiger partial charge is 0.302 e. The second-order valence-electron chi connectivity index (χ2n) is 7.49. The Labute approximate surface area is 128 Å². The maximum Gasteiger partial charge on any atom is 0.0263 e. The van der Waals surface area contributed by atoms with Crippen LogP contribution in [0.4, 0.5) is 0 Å². The van der Waals surface area contributed by atoms with Gasteiger partial charge in [-0.05, 0) is 55.3 Å². The van der Waals surface area contributed by atoms with Crippen molar-refractivity contribution < 1.29 is 0 Å². The van der Waals surface area contributed by atoms with Crippen LogP contribution in [0, 0.1) is 11.3 Å². The van der Waals surface area contributed by atoms with Crippen LogP contribution in [-0.2, 0) is 6.42 Å². The Morgan fingerprint density at radius 3 is 2.50 bits per heavy atom. The highest BCUT2D eigenvalue weighted by Crippen LogP contribution is 2.38. The van der Waals surface area contributed by atoms with Crippen LogP contribution in [0.5, 0.6) is 0 Å². The van der Waals surface area contributed by atoms with Gasteiger partial charge in [-0.2, -0.15) is 0 Å². The molecule has 0 spiro atoms. The van der Waals surface area contributed by atoms with Crippen molar-refractivity contribution in [3.05, 3.63) is 29.8 Å². The summed E-state index contributed by atoms with van der Waals surface area (Å²) in [6, 6.07) is 8.93. The van der Waals surface area contributed by atoms with Crippen LogP contribution in [-0.4, -0.2) is 29.8 Å². The van der Waals surface area contributed by atoms with Gasteiger partial charge >= 0.3 is 0 Å². The van der Waals surface area contributed by atoms with Gasteiger partial charge in [0.15, 0.2) is 0 Å². The van der Waals surface area contributed by atoms with Gasteiger partial charge < -0.3 is 4.90 Å². The lowest BCUT2D eigenvalue weighted by atomic mass is 9.75. The predicted octanol–water partition coefficient (Wildman–Crippen LogP) is 4.46. The van der Waals surface area contributed by atoms with Crippen LogP contribution in [0.15, 0.2) is 29.2 Å². The minimum atomic E-state index is 0.491. The van der Waals surface area contributed by atoms with Crippen LogP contribution >= 0.6 is 11.8 Å². The number of benzene rings is 1. The maximum atomic E-state index is 2.70. The zero-order valence-corrected chi connectivity index (χ0v) is 13.9. The van der Waals surface area contributed by atoms with Crippen molar-refractivity contribution in [1.29, 1.82) is 0 Å².